The van der Waals surface area contributed by atoms with Crippen molar-refractivity contribution in [2.45, 2.75) is 66.9 Å². The second-order valence-corrected chi connectivity index (χ2v) is 16.2. The number of carbonyl (C=O) groups excluding carboxylic acids is 4. The first-order valence-corrected chi connectivity index (χ1v) is 19.6. The van der Waals surface area contributed by atoms with Gasteiger partial charge < -0.3 is 25.4 Å². The molecule has 0 unspecified atom stereocenters. The number of halogens is 1. The van der Waals surface area contributed by atoms with Gasteiger partial charge in [-0.15, -0.1) is 0 Å². The molecule has 3 aliphatic rings. The minimum Gasteiger partial charge on any atom is -0.354 e. The van der Waals surface area contributed by atoms with E-state index in [2.05, 4.69) is 38.2 Å². The third-order valence-corrected chi connectivity index (χ3v) is 12.4. The van der Waals surface area contributed by atoms with E-state index in [-0.39, 0.29) is 36.5 Å². The van der Waals surface area contributed by atoms with Gasteiger partial charge in [-0.3, -0.25) is 19.2 Å². The standard InChI is InChI=1S/C43H42IN5O4/c44-43(22-8-24-49(43)38(51)26-29-11-5-2-6-12-29)42(53)46-33-20-21-35-34(27-33)39(30-14-15-30)40(47-35)31-16-18-32(19-17-31)45-41(52)36-13-7-23-48(36)37(50)25-28-9-3-1-4-10-28/h1-6,9-12,16-21,27,30,36,47H,7-8,13-15,22-26H2,(H,45,52)(H,46,53)/t36-,43+/m0/s1. The lowest BCUT2D eigenvalue weighted by molar-refractivity contribution is -0.136. The van der Waals surface area contributed by atoms with Crippen molar-refractivity contribution in [2.24, 2.45) is 0 Å². The van der Waals surface area contributed by atoms with E-state index in [1.54, 1.807) is 9.80 Å². The molecule has 0 spiro atoms. The van der Waals surface area contributed by atoms with Crippen molar-refractivity contribution in [3.05, 3.63) is 120 Å². The highest BCUT2D eigenvalue weighted by atomic mass is 127. The number of aromatic nitrogens is 1. The number of aromatic amines is 1. The highest BCUT2D eigenvalue weighted by Crippen LogP contribution is 2.48. The first kappa shape index (κ1) is 35.1. The lowest BCUT2D eigenvalue weighted by atomic mass is 10.0. The van der Waals surface area contributed by atoms with Gasteiger partial charge in [-0.2, -0.15) is 0 Å². The van der Waals surface area contributed by atoms with Crippen molar-refractivity contribution in [1.29, 1.82) is 0 Å². The molecule has 3 N–H and O–H groups in total. The maximum Gasteiger partial charge on any atom is 0.260 e. The molecule has 3 heterocycles. The summed E-state index contributed by atoms with van der Waals surface area (Å²) in [5.41, 5.74) is 7.54. The monoisotopic (exact) mass is 819 g/mol. The second kappa shape index (κ2) is 14.8. The minimum absolute atomic E-state index is 0.0263. The summed E-state index contributed by atoms with van der Waals surface area (Å²) in [5, 5.41) is 7.28. The van der Waals surface area contributed by atoms with Crippen molar-refractivity contribution in [2.75, 3.05) is 23.7 Å². The molecule has 2 atom stereocenters. The number of hydrogen-bond acceptors (Lipinski definition) is 4. The van der Waals surface area contributed by atoms with Gasteiger partial charge in [0.15, 0.2) is 3.55 Å². The molecule has 2 aliphatic heterocycles. The number of benzene rings is 4. The van der Waals surface area contributed by atoms with Crippen LogP contribution in [-0.2, 0) is 32.0 Å². The number of rotatable bonds is 10. The Labute approximate surface area is 322 Å². The van der Waals surface area contributed by atoms with Gasteiger partial charge >= 0.3 is 0 Å². The number of fused-ring (bicyclic) bond motifs is 1. The fraction of sp³-hybridized carbons (Fsp3) is 0.302. The summed E-state index contributed by atoms with van der Waals surface area (Å²) in [5.74, 6) is 0.00779. The molecule has 8 rings (SSSR count). The van der Waals surface area contributed by atoms with Crippen LogP contribution in [0.4, 0.5) is 11.4 Å². The maximum atomic E-state index is 13.8. The van der Waals surface area contributed by atoms with Crippen LogP contribution in [0.25, 0.3) is 22.2 Å². The number of likely N-dealkylation sites (tertiary alicyclic amines) is 2. The average Bonchev–Trinajstić information content (AvgIpc) is 3.54. The predicted molar refractivity (Wildman–Crippen MR) is 216 cm³/mol. The summed E-state index contributed by atoms with van der Waals surface area (Å²) in [6.07, 6.45) is 5.58. The lowest BCUT2D eigenvalue weighted by Crippen LogP contribution is -2.51. The Hall–Kier alpha value is -4.97. The van der Waals surface area contributed by atoms with Crippen LogP contribution < -0.4 is 10.6 Å². The number of H-pyrrole nitrogens is 1. The number of nitrogens with one attached hydrogen (secondary N) is 3. The Kier molecular flexibility index (Phi) is 9.80. The van der Waals surface area contributed by atoms with Crippen molar-refractivity contribution in [1.82, 2.24) is 14.8 Å². The van der Waals surface area contributed by atoms with Crippen molar-refractivity contribution >= 4 is 68.5 Å². The van der Waals surface area contributed by atoms with Crippen LogP contribution in [-0.4, -0.2) is 61.1 Å². The Bertz CT molecular complexity index is 2170. The molecule has 0 radical (unpaired) electrons. The molecule has 270 valence electrons. The van der Waals surface area contributed by atoms with Crippen molar-refractivity contribution in [3.8, 4) is 11.3 Å². The second-order valence-electron chi connectivity index (χ2n) is 14.4. The van der Waals surface area contributed by atoms with Crippen molar-refractivity contribution in [3.63, 3.8) is 0 Å². The molecule has 1 aromatic heterocycles. The lowest BCUT2D eigenvalue weighted by Gasteiger charge is -2.32. The van der Waals surface area contributed by atoms with Gasteiger partial charge in [-0.1, -0.05) is 72.8 Å². The third kappa shape index (κ3) is 7.33. The van der Waals surface area contributed by atoms with E-state index in [0.29, 0.717) is 43.2 Å². The highest BCUT2D eigenvalue weighted by molar-refractivity contribution is 14.1. The van der Waals surface area contributed by atoms with E-state index in [1.165, 1.54) is 5.56 Å². The molecular weight excluding hydrogens is 777 g/mol. The Morgan fingerprint density at radius 2 is 1.40 bits per heavy atom. The van der Waals surface area contributed by atoms with Gasteiger partial charge in [0.05, 0.1) is 12.8 Å². The number of alkyl halides is 1. The molecule has 2 saturated heterocycles. The summed E-state index contributed by atoms with van der Waals surface area (Å²) < 4.78 is -0.952. The predicted octanol–water partition coefficient (Wildman–Crippen LogP) is 7.82. The molecule has 9 nitrogen and oxygen atoms in total. The molecule has 53 heavy (non-hydrogen) atoms. The SMILES string of the molecule is O=C(Nc1ccc(-c2[nH]c3ccc(NC(=O)[C@@]4(I)CCCN4C(=O)Cc4ccccc4)cc3c2C2CC2)cc1)[C@@H]1CCCN1C(=O)Cc1ccccc1. The normalized spacial score (nSPS) is 19.8. The average molecular weight is 820 g/mol. The van der Waals surface area contributed by atoms with E-state index < -0.39 is 9.59 Å². The van der Waals surface area contributed by atoms with E-state index >= 15 is 0 Å². The van der Waals surface area contributed by atoms with Crippen LogP contribution in [0.1, 0.15) is 61.1 Å². The Balaban J connectivity index is 0.961. The third-order valence-electron chi connectivity index (χ3n) is 10.8. The fourth-order valence-electron chi connectivity index (χ4n) is 7.90. The van der Waals surface area contributed by atoms with E-state index in [9.17, 15) is 19.2 Å². The number of carbonyl (C=O) groups is 4. The van der Waals surface area contributed by atoms with E-state index in [0.717, 1.165) is 59.0 Å². The Morgan fingerprint density at radius 3 is 2.08 bits per heavy atom. The number of amides is 4. The maximum absolute atomic E-state index is 13.8. The smallest absolute Gasteiger partial charge is 0.260 e. The van der Waals surface area contributed by atoms with Gasteiger partial charge in [0, 0.05) is 41.1 Å². The van der Waals surface area contributed by atoms with Crippen LogP contribution in [0.2, 0.25) is 0 Å². The molecule has 1 saturated carbocycles. The van der Waals surface area contributed by atoms with E-state index in [1.807, 2.05) is 103 Å². The first-order chi connectivity index (χ1) is 25.8. The highest BCUT2D eigenvalue weighted by Gasteiger charge is 2.47. The van der Waals surface area contributed by atoms with E-state index in [4.69, 9.17) is 0 Å². The summed E-state index contributed by atoms with van der Waals surface area (Å²) in [4.78, 5) is 60.8. The quantitative estimate of drug-likeness (QED) is 0.0758. The van der Waals surface area contributed by atoms with Crippen LogP contribution in [0, 0.1) is 0 Å². The molecule has 1 aliphatic carbocycles. The summed E-state index contributed by atoms with van der Waals surface area (Å²) in [6.45, 7) is 1.15. The number of anilines is 2. The minimum atomic E-state index is -0.952. The summed E-state index contributed by atoms with van der Waals surface area (Å²) >= 11 is 2.17. The topological polar surface area (TPSA) is 115 Å². The molecule has 5 aromatic rings. The largest absolute Gasteiger partial charge is 0.354 e. The Morgan fingerprint density at radius 1 is 0.736 bits per heavy atom. The molecule has 3 fully saturated rings. The molecule has 4 aromatic carbocycles. The van der Waals surface area contributed by atoms with Crippen LogP contribution in [0.5, 0.6) is 0 Å². The number of hydrogen-bond donors (Lipinski definition) is 3. The van der Waals surface area contributed by atoms with Gasteiger partial charge in [0.2, 0.25) is 17.7 Å². The zero-order valence-electron chi connectivity index (χ0n) is 29.4. The molecule has 4 amide bonds. The van der Waals surface area contributed by atoms with Crippen LogP contribution in [0.3, 0.4) is 0 Å². The zero-order valence-corrected chi connectivity index (χ0v) is 31.6. The first-order valence-electron chi connectivity index (χ1n) is 18.5. The van der Waals surface area contributed by atoms with Gasteiger partial charge in [0.1, 0.15) is 6.04 Å². The molecule has 10 heteroatoms. The van der Waals surface area contributed by atoms with Crippen molar-refractivity contribution < 1.29 is 19.2 Å². The van der Waals surface area contributed by atoms with Crippen LogP contribution in [0.15, 0.2) is 103 Å². The fourth-order valence-corrected chi connectivity index (χ4v) is 8.93. The summed E-state index contributed by atoms with van der Waals surface area (Å²) in [6, 6.07) is 32.7. The zero-order chi connectivity index (χ0) is 36.5. The van der Waals surface area contributed by atoms with Gasteiger partial charge in [-0.25, -0.2) is 0 Å². The molecular formula is C43H42IN5O4. The molecule has 0 bridgehead atoms. The van der Waals surface area contributed by atoms with Crippen LogP contribution >= 0.6 is 22.6 Å². The number of nitrogens with zero attached hydrogens (tertiary/aromatic N) is 2. The van der Waals surface area contributed by atoms with Gasteiger partial charge in [0.25, 0.3) is 5.91 Å². The van der Waals surface area contributed by atoms with Gasteiger partial charge in [-0.05, 0) is 120 Å². The summed E-state index contributed by atoms with van der Waals surface area (Å²) in [7, 11) is 0.